The summed E-state index contributed by atoms with van der Waals surface area (Å²) in [5.41, 5.74) is 2.84. The van der Waals surface area contributed by atoms with Gasteiger partial charge in [0.05, 0.1) is 18.9 Å². The van der Waals surface area contributed by atoms with Crippen molar-refractivity contribution in [2.45, 2.75) is 26.4 Å². The van der Waals surface area contributed by atoms with Gasteiger partial charge in [0.1, 0.15) is 0 Å². The van der Waals surface area contributed by atoms with Gasteiger partial charge in [0.15, 0.2) is 11.6 Å². The van der Waals surface area contributed by atoms with Crippen molar-refractivity contribution in [3.63, 3.8) is 0 Å². The van der Waals surface area contributed by atoms with Crippen molar-refractivity contribution in [2.24, 2.45) is 7.05 Å². The lowest BCUT2D eigenvalue weighted by Gasteiger charge is -2.13. The first kappa shape index (κ1) is 14.5. The summed E-state index contributed by atoms with van der Waals surface area (Å²) in [4.78, 5) is 0. The van der Waals surface area contributed by atoms with Crippen LogP contribution in [0.2, 0.25) is 0 Å². The molecular formula is C15H19FN2O2. The van der Waals surface area contributed by atoms with E-state index in [-0.39, 0.29) is 12.2 Å². The Kier molecular flexibility index (Phi) is 4.09. The molecule has 0 bridgehead atoms. The van der Waals surface area contributed by atoms with Crippen molar-refractivity contribution in [2.75, 3.05) is 7.11 Å². The average molecular weight is 278 g/mol. The maximum atomic E-state index is 14.1. The van der Waals surface area contributed by atoms with Crippen LogP contribution in [0.1, 0.15) is 28.6 Å². The zero-order valence-corrected chi connectivity index (χ0v) is 12.1. The standard InChI is InChI=1S/C15H19FN2O2/c1-9-14(10(2)18(3)17-9)12(19)8-11-6-5-7-13(20-4)15(11)16/h5-7,12,19H,8H2,1-4H3. The van der Waals surface area contributed by atoms with Crippen LogP contribution in [-0.4, -0.2) is 22.0 Å². The van der Waals surface area contributed by atoms with E-state index in [0.29, 0.717) is 5.56 Å². The maximum absolute atomic E-state index is 14.1. The number of nitrogens with zero attached hydrogens (tertiary/aromatic N) is 2. The van der Waals surface area contributed by atoms with Gasteiger partial charge in [-0.05, 0) is 25.5 Å². The van der Waals surface area contributed by atoms with Crippen LogP contribution in [0.3, 0.4) is 0 Å². The van der Waals surface area contributed by atoms with Crippen LogP contribution in [0.25, 0.3) is 0 Å². The molecule has 0 aliphatic heterocycles. The normalized spacial score (nSPS) is 12.5. The van der Waals surface area contributed by atoms with E-state index in [1.54, 1.807) is 22.9 Å². The van der Waals surface area contributed by atoms with Gasteiger partial charge in [-0.2, -0.15) is 5.10 Å². The van der Waals surface area contributed by atoms with E-state index in [0.717, 1.165) is 17.0 Å². The monoisotopic (exact) mass is 278 g/mol. The number of halogens is 1. The van der Waals surface area contributed by atoms with Gasteiger partial charge in [-0.15, -0.1) is 0 Å². The number of aromatic nitrogens is 2. The minimum absolute atomic E-state index is 0.189. The molecule has 2 rings (SSSR count). The molecule has 108 valence electrons. The van der Waals surface area contributed by atoms with E-state index in [1.165, 1.54) is 7.11 Å². The zero-order valence-electron chi connectivity index (χ0n) is 12.1. The van der Waals surface area contributed by atoms with Gasteiger partial charge in [-0.25, -0.2) is 4.39 Å². The second-order valence-electron chi connectivity index (χ2n) is 4.86. The first-order valence-corrected chi connectivity index (χ1v) is 6.45. The van der Waals surface area contributed by atoms with E-state index in [9.17, 15) is 9.50 Å². The molecule has 4 nitrogen and oxygen atoms in total. The Bertz CT molecular complexity index is 623. The summed E-state index contributed by atoms with van der Waals surface area (Å²) >= 11 is 0. The first-order valence-electron chi connectivity index (χ1n) is 6.45. The molecule has 1 N–H and O–H groups in total. The first-order chi connectivity index (χ1) is 9.45. The molecule has 0 saturated heterocycles. The minimum atomic E-state index is -0.787. The zero-order chi connectivity index (χ0) is 14.9. The van der Waals surface area contributed by atoms with Gasteiger partial charge in [0.2, 0.25) is 0 Å². The summed E-state index contributed by atoms with van der Waals surface area (Å²) in [5, 5.41) is 14.6. The third-order valence-electron chi connectivity index (χ3n) is 3.57. The van der Waals surface area contributed by atoms with Crippen LogP contribution in [0.5, 0.6) is 5.75 Å². The van der Waals surface area contributed by atoms with Crippen LogP contribution in [0, 0.1) is 19.7 Å². The van der Waals surface area contributed by atoms with Gasteiger partial charge in [0.25, 0.3) is 0 Å². The predicted molar refractivity (Wildman–Crippen MR) is 74.3 cm³/mol. The molecule has 2 aromatic rings. The van der Waals surface area contributed by atoms with E-state index < -0.39 is 11.9 Å². The Labute approximate surface area is 117 Å². The molecule has 1 atom stereocenters. The number of methoxy groups -OCH3 is 1. The number of hydrogen-bond acceptors (Lipinski definition) is 3. The lowest BCUT2D eigenvalue weighted by atomic mass is 9.99. The van der Waals surface area contributed by atoms with Crippen LogP contribution >= 0.6 is 0 Å². The van der Waals surface area contributed by atoms with E-state index in [4.69, 9.17) is 4.74 Å². The SMILES string of the molecule is COc1cccc(CC(O)c2c(C)nn(C)c2C)c1F. The largest absolute Gasteiger partial charge is 0.494 e. The Hall–Kier alpha value is -1.88. The topological polar surface area (TPSA) is 47.3 Å². The number of aliphatic hydroxyl groups is 1. The summed E-state index contributed by atoms with van der Waals surface area (Å²) in [7, 11) is 3.25. The summed E-state index contributed by atoms with van der Waals surface area (Å²) in [6, 6.07) is 4.93. The fraction of sp³-hybridized carbons (Fsp3) is 0.400. The molecule has 1 aromatic heterocycles. The number of benzene rings is 1. The second kappa shape index (κ2) is 5.63. The Morgan fingerprint density at radius 2 is 2.10 bits per heavy atom. The van der Waals surface area contributed by atoms with Gasteiger partial charge >= 0.3 is 0 Å². The fourth-order valence-electron chi connectivity index (χ4n) is 2.45. The maximum Gasteiger partial charge on any atom is 0.168 e. The highest BCUT2D eigenvalue weighted by Crippen LogP contribution is 2.28. The highest BCUT2D eigenvalue weighted by molar-refractivity contribution is 5.34. The third kappa shape index (κ3) is 2.54. The molecule has 0 spiro atoms. The number of aliphatic hydroxyl groups excluding tert-OH is 1. The molecule has 0 fully saturated rings. The highest BCUT2D eigenvalue weighted by atomic mass is 19.1. The van der Waals surface area contributed by atoms with Gasteiger partial charge in [-0.3, -0.25) is 4.68 Å². The summed E-state index contributed by atoms with van der Waals surface area (Å²) < 4.78 is 20.8. The summed E-state index contributed by atoms with van der Waals surface area (Å²) in [5.74, 6) is -0.234. The second-order valence-corrected chi connectivity index (χ2v) is 4.86. The van der Waals surface area contributed by atoms with Crippen LogP contribution < -0.4 is 4.74 Å². The van der Waals surface area contributed by atoms with E-state index in [2.05, 4.69) is 5.10 Å². The number of rotatable bonds is 4. The third-order valence-corrected chi connectivity index (χ3v) is 3.57. The number of aryl methyl sites for hydroxylation is 2. The van der Waals surface area contributed by atoms with E-state index in [1.807, 2.05) is 20.9 Å². The number of hydrogen-bond donors (Lipinski definition) is 1. The smallest absolute Gasteiger partial charge is 0.168 e. The predicted octanol–water partition coefficient (Wildman–Crippen LogP) is 2.46. The van der Waals surface area contributed by atoms with Crippen LogP contribution in [0.4, 0.5) is 4.39 Å². The Morgan fingerprint density at radius 3 is 2.65 bits per heavy atom. The average Bonchev–Trinajstić information content (AvgIpc) is 2.65. The molecule has 0 aliphatic rings. The van der Waals surface area contributed by atoms with Crippen molar-refractivity contribution in [3.8, 4) is 5.75 Å². The van der Waals surface area contributed by atoms with Crippen LogP contribution in [0.15, 0.2) is 18.2 Å². The van der Waals surface area contributed by atoms with Crippen LogP contribution in [-0.2, 0) is 13.5 Å². The van der Waals surface area contributed by atoms with Crippen molar-refractivity contribution in [1.82, 2.24) is 9.78 Å². The Balaban J connectivity index is 2.30. The quantitative estimate of drug-likeness (QED) is 0.934. The lowest BCUT2D eigenvalue weighted by Crippen LogP contribution is -2.07. The summed E-state index contributed by atoms with van der Waals surface area (Å²) in [6.45, 7) is 3.73. The molecule has 1 aromatic carbocycles. The van der Waals surface area contributed by atoms with Crippen molar-refractivity contribution >= 4 is 0 Å². The fourth-order valence-corrected chi connectivity index (χ4v) is 2.45. The van der Waals surface area contributed by atoms with Gasteiger partial charge in [0, 0.05) is 24.7 Å². The molecule has 1 unspecified atom stereocenters. The number of ether oxygens (including phenoxy) is 1. The van der Waals surface area contributed by atoms with E-state index >= 15 is 0 Å². The molecule has 0 aliphatic carbocycles. The molecule has 20 heavy (non-hydrogen) atoms. The minimum Gasteiger partial charge on any atom is -0.494 e. The molecular weight excluding hydrogens is 259 g/mol. The van der Waals surface area contributed by atoms with Crippen molar-refractivity contribution in [1.29, 1.82) is 0 Å². The Morgan fingerprint density at radius 1 is 1.40 bits per heavy atom. The molecule has 0 amide bonds. The van der Waals surface area contributed by atoms with Crippen molar-refractivity contribution in [3.05, 3.63) is 46.5 Å². The van der Waals surface area contributed by atoms with Gasteiger partial charge < -0.3 is 9.84 Å². The summed E-state index contributed by atoms with van der Waals surface area (Å²) in [6.07, 6.45) is -0.596. The molecule has 1 heterocycles. The van der Waals surface area contributed by atoms with Gasteiger partial charge in [-0.1, -0.05) is 12.1 Å². The lowest BCUT2D eigenvalue weighted by molar-refractivity contribution is 0.175. The van der Waals surface area contributed by atoms with Crippen molar-refractivity contribution < 1.29 is 14.2 Å². The molecule has 5 heteroatoms. The highest BCUT2D eigenvalue weighted by Gasteiger charge is 2.20. The molecule has 0 saturated carbocycles. The molecule has 0 radical (unpaired) electrons.